The Balaban J connectivity index is 1.99. The number of benzene rings is 2. The normalized spacial score (nSPS) is 11.5. The number of carbonyl (C=O) groups is 3. The van der Waals surface area contributed by atoms with Crippen molar-refractivity contribution >= 4 is 17.7 Å². The number of nitrogens with one attached hydrogen (secondary N) is 3. The highest BCUT2D eigenvalue weighted by Crippen LogP contribution is 2.12. The van der Waals surface area contributed by atoms with Crippen LogP contribution in [0.5, 0.6) is 5.75 Å². The number of hydrazine groups is 1. The Labute approximate surface area is 177 Å². The highest BCUT2D eigenvalue weighted by Gasteiger charge is 2.23. The van der Waals surface area contributed by atoms with Gasteiger partial charge in [-0.2, -0.15) is 0 Å². The molecular weight excluding hydrogens is 382 g/mol. The predicted molar refractivity (Wildman–Crippen MR) is 115 cm³/mol. The Hall–Kier alpha value is -3.35. The van der Waals surface area contributed by atoms with Crippen molar-refractivity contribution in [3.05, 3.63) is 65.2 Å². The first-order valence-corrected chi connectivity index (χ1v) is 10.0. The Morgan fingerprint density at radius 1 is 0.933 bits per heavy atom. The molecule has 2 rings (SSSR count). The number of hydrogen-bond donors (Lipinski definition) is 3. The molecule has 1 atom stereocenters. The molecule has 0 radical (unpaired) electrons. The van der Waals surface area contributed by atoms with E-state index in [1.165, 1.54) is 0 Å². The van der Waals surface area contributed by atoms with Gasteiger partial charge in [0, 0.05) is 11.1 Å². The van der Waals surface area contributed by atoms with Crippen LogP contribution >= 0.6 is 0 Å². The Morgan fingerprint density at radius 3 is 2.20 bits per heavy atom. The molecule has 7 heteroatoms. The van der Waals surface area contributed by atoms with Gasteiger partial charge in [-0.25, -0.2) is 0 Å². The van der Waals surface area contributed by atoms with Crippen molar-refractivity contribution in [2.75, 3.05) is 6.61 Å². The van der Waals surface area contributed by atoms with Gasteiger partial charge in [-0.15, -0.1) is 0 Å². The lowest BCUT2D eigenvalue weighted by Gasteiger charge is -2.21. The second kappa shape index (κ2) is 11.0. The summed E-state index contributed by atoms with van der Waals surface area (Å²) in [6, 6.07) is 13.0. The minimum Gasteiger partial charge on any atom is -0.494 e. The predicted octanol–water partition coefficient (Wildman–Crippen LogP) is 3.00. The molecule has 3 N–H and O–H groups in total. The molecule has 3 amide bonds. The third-order valence-corrected chi connectivity index (χ3v) is 4.45. The van der Waals surface area contributed by atoms with Gasteiger partial charge in [0.05, 0.1) is 6.61 Å². The number of rotatable bonds is 8. The third kappa shape index (κ3) is 6.62. The van der Waals surface area contributed by atoms with Crippen LogP contribution in [0, 0.1) is 12.8 Å². The van der Waals surface area contributed by atoms with E-state index in [1.807, 2.05) is 39.8 Å². The summed E-state index contributed by atoms with van der Waals surface area (Å²) in [5.74, 6) is -0.440. The van der Waals surface area contributed by atoms with Crippen LogP contribution in [0.25, 0.3) is 0 Å². The van der Waals surface area contributed by atoms with Gasteiger partial charge in [-0.3, -0.25) is 25.2 Å². The van der Waals surface area contributed by atoms with Crippen LogP contribution in [0.2, 0.25) is 0 Å². The molecule has 0 aromatic heterocycles. The van der Waals surface area contributed by atoms with Crippen molar-refractivity contribution in [2.24, 2.45) is 5.92 Å². The average Bonchev–Trinajstić information content (AvgIpc) is 2.72. The van der Waals surface area contributed by atoms with E-state index in [2.05, 4.69) is 16.2 Å². The van der Waals surface area contributed by atoms with Gasteiger partial charge in [-0.05, 0) is 62.1 Å². The summed E-state index contributed by atoms with van der Waals surface area (Å²) in [4.78, 5) is 37.6. The van der Waals surface area contributed by atoms with Gasteiger partial charge in [0.1, 0.15) is 11.8 Å². The molecule has 7 nitrogen and oxygen atoms in total. The first-order valence-electron chi connectivity index (χ1n) is 10.0. The smallest absolute Gasteiger partial charge is 0.269 e. The molecule has 0 heterocycles. The molecular formula is C23H29N3O4. The highest BCUT2D eigenvalue weighted by atomic mass is 16.5. The molecule has 0 unspecified atom stereocenters. The van der Waals surface area contributed by atoms with Crippen LogP contribution in [0.3, 0.4) is 0 Å². The summed E-state index contributed by atoms with van der Waals surface area (Å²) in [5.41, 5.74) is 6.52. The molecule has 0 fully saturated rings. The van der Waals surface area contributed by atoms with Gasteiger partial charge >= 0.3 is 0 Å². The standard InChI is InChI=1S/C23H29N3O4/c1-5-30-18-12-10-17(11-13-18)21(27)25-26-23(29)20(14-15(2)3)24-22(28)19-9-7-6-8-16(19)4/h6-13,15,20H,5,14H2,1-4H3,(H,24,28)(H,25,27)(H,26,29)/t20-/m1/s1. The number of ether oxygens (including phenoxy) is 1. The monoisotopic (exact) mass is 411 g/mol. The van der Waals surface area contributed by atoms with Gasteiger partial charge in [0.2, 0.25) is 0 Å². The fourth-order valence-electron chi connectivity index (χ4n) is 2.91. The Morgan fingerprint density at radius 2 is 1.60 bits per heavy atom. The molecule has 2 aromatic rings. The van der Waals surface area contributed by atoms with Crippen LogP contribution in [0.4, 0.5) is 0 Å². The van der Waals surface area contributed by atoms with Crippen molar-refractivity contribution in [2.45, 2.75) is 40.2 Å². The minimum atomic E-state index is -0.780. The Kier molecular flexibility index (Phi) is 8.41. The van der Waals surface area contributed by atoms with Crippen LogP contribution in [-0.2, 0) is 4.79 Å². The SMILES string of the molecule is CCOc1ccc(C(=O)NNC(=O)[C@@H](CC(C)C)NC(=O)c2ccccc2C)cc1. The topological polar surface area (TPSA) is 96.5 Å². The van der Waals surface area contributed by atoms with Crippen LogP contribution in [-0.4, -0.2) is 30.4 Å². The average molecular weight is 412 g/mol. The van der Waals surface area contributed by atoms with Crippen molar-refractivity contribution < 1.29 is 19.1 Å². The molecule has 0 aliphatic rings. The molecule has 0 saturated carbocycles. The molecule has 0 aliphatic heterocycles. The lowest BCUT2D eigenvalue weighted by molar-refractivity contribution is -0.124. The van der Waals surface area contributed by atoms with Crippen molar-refractivity contribution in [3.63, 3.8) is 0 Å². The van der Waals surface area contributed by atoms with E-state index in [-0.39, 0.29) is 11.8 Å². The van der Waals surface area contributed by atoms with E-state index in [4.69, 9.17) is 4.74 Å². The Bertz CT molecular complexity index is 878. The second-order valence-electron chi connectivity index (χ2n) is 7.37. The number of hydrogen-bond acceptors (Lipinski definition) is 4. The molecule has 30 heavy (non-hydrogen) atoms. The number of carbonyl (C=O) groups excluding carboxylic acids is 3. The van der Waals surface area contributed by atoms with Crippen LogP contribution in [0.15, 0.2) is 48.5 Å². The fourth-order valence-corrected chi connectivity index (χ4v) is 2.91. The fraction of sp³-hybridized carbons (Fsp3) is 0.348. The maximum absolute atomic E-state index is 12.6. The maximum atomic E-state index is 12.6. The van der Waals surface area contributed by atoms with E-state index >= 15 is 0 Å². The number of amides is 3. The first kappa shape index (κ1) is 22.9. The van der Waals surface area contributed by atoms with Gasteiger partial charge in [0.25, 0.3) is 17.7 Å². The molecule has 0 saturated heterocycles. The number of aryl methyl sites for hydroxylation is 1. The summed E-state index contributed by atoms with van der Waals surface area (Å²) in [5, 5.41) is 2.77. The third-order valence-electron chi connectivity index (χ3n) is 4.45. The molecule has 160 valence electrons. The minimum absolute atomic E-state index is 0.166. The summed E-state index contributed by atoms with van der Waals surface area (Å²) >= 11 is 0. The van der Waals surface area contributed by atoms with E-state index in [1.54, 1.807) is 36.4 Å². The summed E-state index contributed by atoms with van der Waals surface area (Å²) in [6.45, 7) is 8.16. The molecule has 0 aliphatic carbocycles. The van der Waals surface area contributed by atoms with E-state index in [9.17, 15) is 14.4 Å². The van der Waals surface area contributed by atoms with Gasteiger partial charge < -0.3 is 10.1 Å². The van der Waals surface area contributed by atoms with Crippen molar-refractivity contribution in [1.82, 2.24) is 16.2 Å². The van der Waals surface area contributed by atoms with Gasteiger partial charge in [0.15, 0.2) is 0 Å². The van der Waals surface area contributed by atoms with Crippen LogP contribution in [0.1, 0.15) is 53.5 Å². The summed E-state index contributed by atoms with van der Waals surface area (Å²) < 4.78 is 5.35. The van der Waals surface area contributed by atoms with E-state index in [0.29, 0.717) is 29.9 Å². The van der Waals surface area contributed by atoms with Crippen molar-refractivity contribution in [3.8, 4) is 5.75 Å². The lowest BCUT2D eigenvalue weighted by Crippen LogP contribution is -2.52. The molecule has 0 bridgehead atoms. The lowest BCUT2D eigenvalue weighted by atomic mass is 10.0. The van der Waals surface area contributed by atoms with Crippen molar-refractivity contribution in [1.29, 1.82) is 0 Å². The zero-order valence-corrected chi connectivity index (χ0v) is 17.8. The van der Waals surface area contributed by atoms with E-state index < -0.39 is 17.9 Å². The quantitative estimate of drug-likeness (QED) is 0.582. The first-order chi connectivity index (χ1) is 14.3. The largest absolute Gasteiger partial charge is 0.494 e. The molecule has 2 aromatic carbocycles. The van der Waals surface area contributed by atoms with E-state index in [0.717, 1.165) is 5.56 Å². The highest BCUT2D eigenvalue weighted by molar-refractivity contribution is 5.99. The summed E-state index contributed by atoms with van der Waals surface area (Å²) in [6.07, 6.45) is 0.433. The summed E-state index contributed by atoms with van der Waals surface area (Å²) in [7, 11) is 0. The van der Waals surface area contributed by atoms with Gasteiger partial charge in [-0.1, -0.05) is 32.0 Å². The second-order valence-corrected chi connectivity index (χ2v) is 7.37. The van der Waals surface area contributed by atoms with Crippen LogP contribution < -0.4 is 20.9 Å². The zero-order chi connectivity index (χ0) is 22.1. The molecule has 0 spiro atoms. The zero-order valence-electron chi connectivity index (χ0n) is 17.8. The maximum Gasteiger partial charge on any atom is 0.269 e.